The molecule has 1 amide bonds. The maximum Gasteiger partial charge on any atom is 0.277 e. The molecular weight excluding hydrogens is 226 g/mol. The van der Waals surface area contributed by atoms with Gasteiger partial charge in [-0.2, -0.15) is 5.10 Å². The van der Waals surface area contributed by atoms with Crippen molar-refractivity contribution < 1.29 is 9.36 Å². The molecular formula is C14H22N3O+. The van der Waals surface area contributed by atoms with Crippen molar-refractivity contribution in [3.8, 4) is 0 Å². The SMILES string of the molecule is CCCC(/C=N\NC(=O)c1ccc[n+](C)c1)CC. The molecule has 0 radical (unpaired) electrons. The van der Waals surface area contributed by atoms with E-state index >= 15 is 0 Å². The van der Waals surface area contributed by atoms with Crippen molar-refractivity contribution in [3.63, 3.8) is 0 Å². The van der Waals surface area contributed by atoms with Crippen LogP contribution in [0.15, 0.2) is 29.6 Å². The summed E-state index contributed by atoms with van der Waals surface area (Å²) >= 11 is 0. The van der Waals surface area contributed by atoms with Crippen molar-refractivity contribution in [3.05, 3.63) is 30.1 Å². The van der Waals surface area contributed by atoms with Gasteiger partial charge in [0.2, 0.25) is 0 Å². The third-order valence-corrected chi connectivity index (χ3v) is 2.84. The molecule has 1 aromatic heterocycles. The van der Waals surface area contributed by atoms with Crippen LogP contribution in [0, 0.1) is 5.92 Å². The topological polar surface area (TPSA) is 45.3 Å². The summed E-state index contributed by atoms with van der Waals surface area (Å²) in [6, 6.07) is 3.61. The van der Waals surface area contributed by atoms with Gasteiger partial charge < -0.3 is 0 Å². The monoisotopic (exact) mass is 248 g/mol. The normalized spacial score (nSPS) is 12.6. The van der Waals surface area contributed by atoms with Crippen LogP contribution < -0.4 is 9.99 Å². The number of hydrogen-bond acceptors (Lipinski definition) is 2. The van der Waals surface area contributed by atoms with Crippen LogP contribution in [0.1, 0.15) is 43.5 Å². The number of carbonyl (C=O) groups is 1. The molecule has 0 aliphatic carbocycles. The Balaban J connectivity index is 2.53. The van der Waals surface area contributed by atoms with E-state index in [9.17, 15) is 4.79 Å². The minimum Gasteiger partial charge on any atom is -0.267 e. The summed E-state index contributed by atoms with van der Waals surface area (Å²) in [4.78, 5) is 11.8. The lowest BCUT2D eigenvalue weighted by atomic mass is 10.0. The number of carbonyl (C=O) groups excluding carboxylic acids is 1. The van der Waals surface area contributed by atoms with E-state index in [2.05, 4.69) is 24.4 Å². The van der Waals surface area contributed by atoms with Crippen molar-refractivity contribution in [1.82, 2.24) is 5.43 Å². The van der Waals surface area contributed by atoms with E-state index in [1.165, 1.54) is 0 Å². The second-order valence-electron chi connectivity index (χ2n) is 4.43. The first-order valence-electron chi connectivity index (χ1n) is 6.46. The number of hydrazone groups is 1. The van der Waals surface area contributed by atoms with Crippen molar-refractivity contribution in [2.75, 3.05) is 0 Å². The van der Waals surface area contributed by atoms with Crippen LogP contribution in [0.3, 0.4) is 0 Å². The van der Waals surface area contributed by atoms with E-state index in [0.717, 1.165) is 19.3 Å². The Bertz CT molecular complexity index is 415. The summed E-state index contributed by atoms with van der Waals surface area (Å²) in [6.07, 6.45) is 8.78. The van der Waals surface area contributed by atoms with Gasteiger partial charge in [0, 0.05) is 12.3 Å². The maximum absolute atomic E-state index is 11.8. The summed E-state index contributed by atoms with van der Waals surface area (Å²) in [5, 5.41) is 4.03. The fraction of sp³-hybridized carbons (Fsp3) is 0.500. The molecule has 18 heavy (non-hydrogen) atoms. The Morgan fingerprint density at radius 2 is 2.33 bits per heavy atom. The van der Waals surface area contributed by atoms with Crippen molar-refractivity contribution >= 4 is 12.1 Å². The van der Waals surface area contributed by atoms with Gasteiger partial charge in [0.1, 0.15) is 12.6 Å². The minimum absolute atomic E-state index is 0.172. The minimum atomic E-state index is -0.172. The molecule has 1 heterocycles. The van der Waals surface area contributed by atoms with E-state index in [1.54, 1.807) is 12.3 Å². The van der Waals surface area contributed by atoms with Gasteiger partial charge in [-0.05, 0) is 24.8 Å². The quantitative estimate of drug-likeness (QED) is 0.467. The molecule has 1 atom stereocenters. The van der Waals surface area contributed by atoms with Crippen LogP contribution in [0.5, 0.6) is 0 Å². The first-order chi connectivity index (χ1) is 8.67. The number of nitrogens with zero attached hydrogens (tertiary/aromatic N) is 2. The average molecular weight is 248 g/mol. The number of aryl methyl sites for hydroxylation is 1. The third-order valence-electron chi connectivity index (χ3n) is 2.84. The highest BCUT2D eigenvalue weighted by atomic mass is 16.2. The number of aromatic nitrogens is 1. The number of pyridine rings is 1. The molecule has 0 spiro atoms. The maximum atomic E-state index is 11.8. The number of amides is 1. The Labute approximate surface area is 109 Å². The first kappa shape index (κ1) is 14.4. The van der Waals surface area contributed by atoms with E-state index < -0.39 is 0 Å². The van der Waals surface area contributed by atoms with E-state index in [-0.39, 0.29) is 5.91 Å². The van der Waals surface area contributed by atoms with E-state index in [4.69, 9.17) is 0 Å². The lowest BCUT2D eigenvalue weighted by Gasteiger charge is -2.06. The van der Waals surface area contributed by atoms with Crippen LogP contribution in [0.2, 0.25) is 0 Å². The summed E-state index contributed by atoms with van der Waals surface area (Å²) < 4.78 is 1.84. The molecule has 0 aromatic carbocycles. The molecule has 0 saturated heterocycles. The van der Waals surface area contributed by atoms with Gasteiger partial charge >= 0.3 is 0 Å². The smallest absolute Gasteiger partial charge is 0.267 e. The fourth-order valence-electron chi connectivity index (χ4n) is 1.74. The summed E-state index contributed by atoms with van der Waals surface area (Å²) in [5.74, 6) is 0.274. The van der Waals surface area contributed by atoms with Crippen molar-refractivity contribution in [2.24, 2.45) is 18.1 Å². The zero-order valence-electron chi connectivity index (χ0n) is 11.4. The van der Waals surface area contributed by atoms with Crippen molar-refractivity contribution in [1.29, 1.82) is 0 Å². The third kappa shape index (κ3) is 4.65. The predicted molar refractivity (Wildman–Crippen MR) is 72.3 cm³/mol. The molecule has 98 valence electrons. The molecule has 0 aliphatic heterocycles. The Morgan fingerprint density at radius 1 is 1.56 bits per heavy atom. The highest BCUT2D eigenvalue weighted by Crippen LogP contribution is 2.07. The molecule has 1 aromatic rings. The van der Waals surface area contributed by atoms with E-state index in [0.29, 0.717) is 11.5 Å². The average Bonchev–Trinajstić information content (AvgIpc) is 2.37. The van der Waals surface area contributed by atoms with E-state index in [1.807, 2.05) is 30.1 Å². The molecule has 4 nitrogen and oxygen atoms in total. The largest absolute Gasteiger partial charge is 0.277 e. The number of hydrogen-bond donors (Lipinski definition) is 1. The van der Waals surface area contributed by atoms with Crippen LogP contribution in [-0.2, 0) is 7.05 Å². The highest BCUT2D eigenvalue weighted by molar-refractivity contribution is 5.93. The molecule has 1 unspecified atom stereocenters. The summed E-state index contributed by atoms with van der Waals surface area (Å²) in [5.41, 5.74) is 3.18. The predicted octanol–water partition coefficient (Wildman–Crippen LogP) is 2.05. The summed E-state index contributed by atoms with van der Waals surface area (Å²) in [7, 11) is 1.88. The lowest BCUT2D eigenvalue weighted by Crippen LogP contribution is -2.29. The number of rotatable bonds is 6. The second-order valence-corrected chi connectivity index (χ2v) is 4.43. The Kier molecular flexibility index (Phi) is 6.05. The molecule has 0 bridgehead atoms. The van der Waals surface area contributed by atoms with Gasteiger partial charge in [0.15, 0.2) is 12.4 Å². The van der Waals surface area contributed by atoms with Gasteiger partial charge in [-0.1, -0.05) is 20.3 Å². The van der Waals surface area contributed by atoms with Crippen LogP contribution >= 0.6 is 0 Å². The standard InChI is InChI=1S/C14H21N3O/c1-4-7-12(5-2)10-15-16-14(18)13-8-6-9-17(3)11-13/h6,8-12H,4-5,7H2,1-3H3/p+1/b15-10-. The first-order valence-corrected chi connectivity index (χ1v) is 6.46. The van der Waals surface area contributed by atoms with Gasteiger partial charge in [-0.25, -0.2) is 9.99 Å². The molecule has 1 rings (SSSR count). The highest BCUT2D eigenvalue weighted by Gasteiger charge is 2.07. The number of nitrogens with one attached hydrogen (secondary N) is 1. The molecule has 0 saturated carbocycles. The Hall–Kier alpha value is -1.71. The zero-order chi connectivity index (χ0) is 13.4. The van der Waals surface area contributed by atoms with Gasteiger partial charge in [-0.15, -0.1) is 0 Å². The molecule has 1 N–H and O–H groups in total. The van der Waals surface area contributed by atoms with Crippen molar-refractivity contribution in [2.45, 2.75) is 33.1 Å². The van der Waals surface area contributed by atoms with Gasteiger partial charge in [0.05, 0.1) is 0 Å². The van der Waals surface area contributed by atoms with Crippen LogP contribution in [0.25, 0.3) is 0 Å². The van der Waals surface area contributed by atoms with Gasteiger partial charge in [-0.3, -0.25) is 4.79 Å². The van der Waals surface area contributed by atoms with Gasteiger partial charge in [0.25, 0.3) is 5.91 Å². The van der Waals surface area contributed by atoms with Crippen LogP contribution in [-0.4, -0.2) is 12.1 Å². The summed E-state index contributed by atoms with van der Waals surface area (Å²) in [6.45, 7) is 4.28. The molecule has 0 fully saturated rings. The van der Waals surface area contributed by atoms with Crippen LogP contribution in [0.4, 0.5) is 0 Å². The Morgan fingerprint density at radius 3 is 2.94 bits per heavy atom. The molecule has 4 heteroatoms. The zero-order valence-corrected chi connectivity index (χ0v) is 11.4. The fourth-order valence-corrected chi connectivity index (χ4v) is 1.74. The second kappa shape index (κ2) is 7.58. The lowest BCUT2D eigenvalue weighted by molar-refractivity contribution is -0.671. The molecule has 0 aliphatic rings.